The molecule has 0 aliphatic carbocycles. The van der Waals surface area contributed by atoms with Gasteiger partial charge in [-0.1, -0.05) is 30.3 Å². The summed E-state index contributed by atoms with van der Waals surface area (Å²) in [6.45, 7) is 6.53. The van der Waals surface area contributed by atoms with E-state index in [-0.39, 0.29) is 5.92 Å². The summed E-state index contributed by atoms with van der Waals surface area (Å²) in [4.78, 5) is 17.8. The van der Waals surface area contributed by atoms with E-state index < -0.39 is 0 Å². The Bertz CT molecular complexity index is 430. The molecule has 0 radical (unpaired) electrons. The molecule has 0 aromatic heterocycles. The van der Waals surface area contributed by atoms with Gasteiger partial charge in [-0.25, -0.2) is 0 Å². The number of nitrogens with zero attached hydrogens (tertiary/aromatic N) is 2. The maximum Gasteiger partial charge on any atom is 0.168 e. The molecule has 2 fully saturated rings. The summed E-state index contributed by atoms with van der Waals surface area (Å²) in [6, 6.07) is 9.84. The Kier molecular flexibility index (Phi) is 5.04. The zero-order valence-corrected chi connectivity index (χ0v) is 12.8. The number of carbonyl (C=O) groups is 1. The summed E-state index contributed by atoms with van der Waals surface area (Å²) < 4.78 is 0. The zero-order chi connectivity index (χ0) is 14.5. The van der Waals surface area contributed by atoms with Gasteiger partial charge in [0.15, 0.2) is 5.78 Å². The Hall–Kier alpha value is -1.19. The summed E-state index contributed by atoms with van der Waals surface area (Å²) in [5.41, 5.74) is 0.876. The van der Waals surface area contributed by atoms with E-state index in [4.69, 9.17) is 0 Å². The summed E-state index contributed by atoms with van der Waals surface area (Å²) in [6.07, 6.45) is 5.15. The largest absolute Gasteiger partial charge is 0.303 e. The number of rotatable bonds is 6. The molecule has 2 heterocycles. The number of hydrogen-bond donors (Lipinski definition) is 0. The van der Waals surface area contributed by atoms with Crippen LogP contribution in [0.25, 0.3) is 0 Å². The molecule has 21 heavy (non-hydrogen) atoms. The summed E-state index contributed by atoms with van der Waals surface area (Å²) in [5, 5.41) is 0. The second-order valence-electron chi connectivity index (χ2n) is 6.44. The van der Waals surface area contributed by atoms with Crippen LogP contribution in [0.2, 0.25) is 0 Å². The van der Waals surface area contributed by atoms with Crippen LogP contribution in [0.1, 0.15) is 36.0 Å². The minimum Gasteiger partial charge on any atom is -0.303 e. The predicted octanol–water partition coefficient (Wildman–Crippen LogP) is 2.68. The second kappa shape index (κ2) is 7.19. The first-order valence-corrected chi connectivity index (χ1v) is 8.37. The molecule has 0 N–H and O–H groups in total. The summed E-state index contributed by atoms with van der Waals surface area (Å²) in [5.74, 6) is 0.456. The Morgan fingerprint density at radius 1 is 0.857 bits per heavy atom. The van der Waals surface area contributed by atoms with Gasteiger partial charge < -0.3 is 9.80 Å². The molecule has 0 saturated carbocycles. The molecule has 3 rings (SSSR count). The first kappa shape index (κ1) is 14.7. The fourth-order valence-electron chi connectivity index (χ4n) is 3.62. The number of ketones is 1. The van der Waals surface area contributed by atoms with E-state index in [0.29, 0.717) is 5.78 Å². The van der Waals surface area contributed by atoms with Crippen molar-refractivity contribution < 1.29 is 4.79 Å². The lowest BCUT2D eigenvalue weighted by molar-refractivity contribution is 0.0851. The third kappa shape index (κ3) is 3.92. The Morgan fingerprint density at radius 3 is 1.81 bits per heavy atom. The topological polar surface area (TPSA) is 23.6 Å². The van der Waals surface area contributed by atoms with Gasteiger partial charge in [0.25, 0.3) is 0 Å². The Balaban J connectivity index is 1.68. The van der Waals surface area contributed by atoms with Crippen LogP contribution in [0, 0.1) is 5.92 Å². The normalized spacial score (nSPS) is 20.4. The number of benzene rings is 1. The van der Waals surface area contributed by atoms with Gasteiger partial charge in [-0.2, -0.15) is 0 Å². The van der Waals surface area contributed by atoms with Crippen LogP contribution in [-0.4, -0.2) is 54.9 Å². The quantitative estimate of drug-likeness (QED) is 0.751. The van der Waals surface area contributed by atoms with Crippen molar-refractivity contribution in [3.8, 4) is 0 Å². The van der Waals surface area contributed by atoms with E-state index in [1.165, 1.54) is 51.9 Å². The van der Waals surface area contributed by atoms with Crippen LogP contribution in [0.3, 0.4) is 0 Å². The van der Waals surface area contributed by atoms with Gasteiger partial charge in [-0.05, 0) is 51.9 Å². The fourth-order valence-corrected chi connectivity index (χ4v) is 3.62. The highest BCUT2D eigenvalue weighted by atomic mass is 16.1. The number of Topliss-reactive ketones (excluding diaryl/α,β-unsaturated/α-hetero) is 1. The van der Waals surface area contributed by atoms with Crippen molar-refractivity contribution in [2.45, 2.75) is 25.7 Å². The van der Waals surface area contributed by atoms with Crippen molar-refractivity contribution in [3.05, 3.63) is 35.9 Å². The van der Waals surface area contributed by atoms with E-state index in [1.807, 2.05) is 30.3 Å². The van der Waals surface area contributed by atoms with Gasteiger partial charge >= 0.3 is 0 Å². The highest BCUT2D eigenvalue weighted by Gasteiger charge is 2.27. The van der Waals surface area contributed by atoms with Crippen LogP contribution in [-0.2, 0) is 0 Å². The van der Waals surface area contributed by atoms with Crippen LogP contribution in [0.15, 0.2) is 30.3 Å². The van der Waals surface area contributed by atoms with Gasteiger partial charge in [-0.3, -0.25) is 4.79 Å². The van der Waals surface area contributed by atoms with Crippen molar-refractivity contribution >= 4 is 5.78 Å². The average Bonchev–Trinajstić information content (AvgIpc) is 3.20. The van der Waals surface area contributed by atoms with Crippen LogP contribution < -0.4 is 0 Å². The number of hydrogen-bond acceptors (Lipinski definition) is 3. The molecule has 0 unspecified atom stereocenters. The van der Waals surface area contributed by atoms with Gasteiger partial charge in [0, 0.05) is 24.6 Å². The molecule has 0 spiro atoms. The van der Waals surface area contributed by atoms with E-state index in [0.717, 1.165) is 18.7 Å². The van der Waals surface area contributed by atoms with Gasteiger partial charge in [-0.15, -0.1) is 0 Å². The lowest BCUT2D eigenvalue weighted by Gasteiger charge is -2.26. The van der Waals surface area contributed by atoms with Crippen molar-refractivity contribution in [2.24, 2.45) is 5.92 Å². The average molecular weight is 286 g/mol. The minimum absolute atomic E-state index is 0.128. The molecule has 0 bridgehead atoms. The van der Waals surface area contributed by atoms with Gasteiger partial charge in [0.1, 0.15) is 0 Å². The standard InChI is InChI=1S/C18H26N2O/c21-18(16-8-2-1-3-9-16)17(14-19-10-4-5-11-19)15-20-12-6-7-13-20/h1-3,8-9,17H,4-7,10-15H2. The lowest BCUT2D eigenvalue weighted by atomic mass is 9.96. The second-order valence-corrected chi connectivity index (χ2v) is 6.44. The van der Waals surface area contributed by atoms with Crippen molar-refractivity contribution in [2.75, 3.05) is 39.3 Å². The van der Waals surface area contributed by atoms with Crippen molar-refractivity contribution in [3.63, 3.8) is 0 Å². The molecule has 2 aliphatic rings. The molecule has 2 saturated heterocycles. The molecule has 0 atom stereocenters. The SMILES string of the molecule is O=C(c1ccccc1)C(CN1CCCC1)CN1CCCC1. The molecule has 1 aromatic carbocycles. The van der Waals surface area contributed by atoms with E-state index in [2.05, 4.69) is 9.80 Å². The molecule has 1 aromatic rings. The van der Waals surface area contributed by atoms with E-state index in [9.17, 15) is 4.79 Å². The van der Waals surface area contributed by atoms with Crippen molar-refractivity contribution in [1.29, 1.82) is 0 Å². The first-order valence-electron chi connectivity index (χ1n) is 8.37. The molecule has 3 nitrogen and oxygen atoms in total. The molecule has 114 valence electrons. The lowest BCUT2D eigenvalue weighted by Crippen LogP contribution is -2.39. The molecular weight excluding hydrogens is 260 g/mol. The summed E-state index contributed by atoms with van der Waals surface area (Å²) >= 11 is 0. The smallest absolute Gasteiger partial charge is 0.168 e. The minimum atomic E-state index is 0.128. The third-order valence-electron chi connectivity index (χ3n) is 4.78. The molecular formula is C18H26N2O. The predicted molar refractivity (Wildman–Crippen MR) is 85.6 cm³/mol. The third-order valence-corrected chi connectivity index (χ3v) is 4.78. The van der Waals surface area contributed by atoms with Gasteiger partial charge in [0.05, 0.1) is 0 Å². The van der Waals surface area contributed by atoms with Crippen LogP contribution in [0.4, 0.5) is 0 Å². The fraction of sp³-hybridized carbons (Fsp3) is 0.611. The van der Waals surface area contributed by atoms with Crippen LogP contribution in [0.5, 0.6) is 0 Å². The Labute approximate surface area is 127 Å². The number of carbonyl (C=O) groups excluding carboxylic acids is 1. The monoisotopic (exact) mass is 286 g/mol. The van der Waals surface area contributed by atoms with Crippen LogP contribution >= 0.6 is 0 Å². The molecule has 2 aliphatic heterocycles. The maximum atomic E-state index is 12.9. The molecule has 0 amide bonds. The summed E-state index contributed by atoms with van der Waals surface area (Å²) in [7, 11) is 0. The zero-order valence-electron chi connectivity index (χ0n) is 12.8. The molecule has 3 heteroatoms. The van der Waals surface area contributed by atoms with E-state index >= 15 is 0 Å². The maximum absolute atomic E-state index is 12.9. The highest BCUT2D eigenvalue weighted by molar-refractivity contribution is 5.98. The van der Waals surface area contributed by atoms with Gasteiger partial charge in [0.2, 0.25) is 0 Å². The van der Waals surface area contributed by atoms with Crippen molar-refractivity contribution in [1.82, 2.24) is 9.80 Å². The first-order chi connectivity index (χ1) is 10.3. The number of likely N-dealkylation sites (tertiary alicyclic amines) is 2. The Morgan fingerprint density at radius 2 is 1.33 bits per heavy atom. The highest BCUT2D eigenvalue weighted by Crippen LogP contribution is 2.18. The van der Waals surface area contributed by atoms with E-state index in [1.54, 1.807) is 0 Å².